The Morgan fingerprint density at radius 1 is 1.24 bits per heavy atom. The molecule has 110 valence electrons. The van der Waals surface area contributed by atoms with Gasteiger partial charge < -0.3 is 15.4 Å². The summed E-state index contributed by atoms with van der Waals surface area (Å²) in [7, 11) is 0. The van der Waals surface area contributed by atoms with E-state index in [4.69, 9.17) is 16.3 Å². The average molecular weight is 370 g/mol. The molecule has 2 rings (SSSR count). The largest absolute Gasteiger partial charge is 0.473 e. The molecule has 0 saturated heterocycles. The molecule has 2 N–H and O–H groups in total. The van der Waals surface area contributed by atoms with E-state index in [0.29, 0.717) is 10.8 Å². The summed E-state index contributed by atoms with van der Waals surface area (Å²) in [5, 5.41) is 5.98. The van der Waals surface area contributed by atoms with Crippen LogP contribution in [-0.4, -0.2) is 12.8 Å². The summed E-state index contributed by atoms with van der Waals surface area (Å²) in [5.74, 6) is 0.638. The number of carbonyl (C=O) groups excluding carboxylic acids is 1. The molecular weight excluding hydrogens is 356 g/mol. The van der Waals surface area contributed by atoms with Gasteiger partial charge in [-0.3, -0.25) is 0 Å². The third kappa shape index (κ3) is 4.95. The van der Waals surface area contributed by atoms with Gasteiger partial charge in [-0.15, -0.1) is 0 Å². The maximum atomic E-state index is 11.7. The van der Waals surface area contributed by atoms with Crippen molar-refractivity contribution in [2.75, 3.05) is 12.0 Å². The van der Waals surface area contributed by atoms with Gasteiger partial charge in [0.15, 0.2) is 6.73 Å². The number of halogens is 2. The zero-order valence-electron chi connectivity index (χ0n) is 11.3. The molecule has 0 aliphatic rings. The Labute approximate surface area is 136 Å². The van der Waals surface area contributed by atoms with Crippen LogP contribution < -0.4 is 15.4 Å². The standard InChI is InChI=1S/C15H14BrClN2O2/c1-10-8-12(4-7-14(10)16)19-15(20)18-9-21-13-5-2-11(17)3-6-13/h2-8H,9H2,1H3,(H2,18,19,20). The molecule has 0 heterocycles. The van der Waals surface area contributed by atoms with E-state index >= 15 is 0 Å². The maximum absolute atomic E-state index is 11.7. The van der Waals surface area contributed by atoms with Gasteiger partial charge in [0, 0.05) is 15.2 Å². The number of nitrogens with one attached hydrogen (secondary N) is 2. The highest BCUT2D eigenvalue weighted by atomic mass is 79.9. The lowest BCUT2D eigenvalue weighted by molar-refractivity contribution is 0.234. The second-order valence-electron chi connectivity index (χ2n) is 4.34. The number of amides is 2. The lowest BCUT2D eigenvalue weighted by Crippen LogP contribution is -2.32. The molecule has 0 radical (unpaired) electrons. The van der Waals surface area contributed by atoms with Gasteiger partial charge in [0.2, 0.25) is 0 Å². The molecule has 2 aromatic carbocycles. The Kier molecular flexibility index (Phi) is 5.47. The van der Waals surface area contributed by atoms with Crippen molar-refractivity contribution in [2.45, 2.75) is 6.92 Å². The zero-order valence-corrected chi connectivity index (χ0v) is 13.7. The summed E-state index contributed by atoms with van der Waals surface area (Å²) in [6.07, 6.45) is 0. The molecule has 0 fully saturated rings. The quantitative estimate of drug-likeness (QED) is 0.776. The van der Waals surface area contributed by atoms with E-state index in [9.17, 15) is 4.79 Å². The van der Waals surface area contributed by atoms with E-state index in [1.54, 1.807) is 24.3 Å². The number of anilines is 1. The highest BCUT2D eigenvalue weighted by molar-refractivity contribution is 9.10. The van der Waals surface area contributed by atoms with Crippen LogP contribution in [0.4, 0.5) is 10.5 Å². The van der Waals surface area contributed by atoms with Crippen LogP contribution >= 0.6 is 27.5 Å². The zero-order chi connectivity index (χ0) is 15.2. The molecule has 0 unspecified atom stereocenters. The lowest BCUT2D eigenvalue weighted by atomic mass is 10.2. The molecular formula is C15H14BrClN2O2. The van der Waals surface area contributed by atoms with E-state index in [1.165, 1.54) is 0 Å². The Balaban J connectivity index is 1.79. The van der Waals surface area contributed by atoms with E-state index in [-0.39, 0.29) is 12.8 Å². The Morgan fingerprint density at radius 3 is 2.62 bits per heavy atom. The van der Waals surface area contributed by atoms with E-state index in [1.807, 2.05) is 25.1 Å². The van der Waals surface area contributed by atoms with Gasteiger partial charge in [0.25, 0.3) is 0 Å². The first kappa shape index (κ1) is 15.7. The molecule has 0 saturated carbocycles. The summed E-state index contributed by atoms with van der Waals surface area (Å²) >= 11 is 9.18. The van der Waals surface area contributed by atoms with Gasteiger partial charge in [0.05, 0.1) is 0 Å². The Morgan fingerprint density at radius 2 is 1.95 bits per heavy atom. The first-order valence-electron chi connectivity index (χ1n) is 6.24. The Hall–Kier alpha value is -1.72. The maximum Gasteiger partial charge on any atom is 0.321 e. The number of rotatable bonds is 4. The number of ether oxygens (including phenoxy) is 1. The van der Waals surface area contributed by atoms with Crippen molar-refractivity contribution in [2.24, 2.45) is 0 Å². The highest BCUT2D eigenvalue weighted by Crippen LogP contribution is 2.20. The molecule has 0 atom stereocenters. The molecule has 0 spiro atoms. The van der Waals surface area contributed by atoms with Crippen molar-refractivity contribution in [3.63, 3.8) is 0 Å². The Bertz CT molecular complexity index is 632. The predicted molar refractivity (Wildman–Crippen MR) is 88.0 cm³/mol. The molecule has 0 aliphatic heterocycles. The summed E-state index contributed by atoms with van der Waals surface area (Å²) in [4.78, 5) is 11.7. The van der Waals surface area contributed by atoms with Gasteiger partial charge in [-0.2, -0.15) is 0 Å². The molecule has 21 heavy (non-hydrogen) atoms. The van der Waals surface area contributed by atoms with Crippen molar-refractivity contribution in [1.82, 2.24) is 5.32 Å². The fraction of sp³-hybridized carbons (Fsp3) is 0.133. The summed E-state index contributed by atoms with van der Waals surface area (Å²) in [5.41, 5.74) is 1.77. The number of hydrogen-bond donors (Lipinski definition) is 2. The number of carbonyl (C=O) groups is 1. The third-order valence-corrected chi connectivity index (χ3v) is 3.84. The molecule has 2 amide bonds. The lowest BCUT2D eigenvalue weighted by Gasteiger charge is -2.10. The van der Waals surface area contributed by atoms with Crippen LogP contribution in [0.3, 0.4) is 0 Å². The van der Waals surface area contributed by atoms with E-state index < -0.39 is 0 Å². The summed E-state index contributed by atoms with van der Waals surface area (Å²) in [6, 6.07) is 12.2. The number of aryl methyl sites for hydroxylation is 1. The number of hydrogen-bond acceptors (Lipinski definition) is 2. The highest BCUT2D eigenvalue weighted by Gasteiger charge is 2.03. The van der Waals surface area contributed by atoms with Gasteiger partial charge in [-0.05, 0) is 55.0 Å². The van der Waals surface area contributed by atoms with Crippen LogP contribution in [-0.2, 0) is 0 Å². The van der Waals surface area contributed by atoms with Gasteiger partial charge in [-0.25, -0.2) is 4.79 Å². The van der Waals surface area contributed by atoms with Crippen molar-refractivity contribution in [3.05, 3.63) is 57.5 Å². The second-order valence-corrected chi connectivity index (χ2v) is 5.63. The minimum atomic E-state index is -0.328. The molecule has 4 nitrogen and oxygen atoms in total. The monoisotopic (exact) mass is 368 g/mol. The van der Waals surface area contributed by atoms with Crippen LogP contribution in [0, 0.1) is 6.92 Å². The minimum absolute atomic E-state index is 0.0724. The van der Waals surface area contributed by atoms with Crippen molar-refractivity contribution >= 4 is 39.2 Å². The average Bonchev–Trinajstić information content (AvgIpc) is 2.45. The third-order valence-electron chi connectivity index (χ3n) is 2.70. The van der Waals surface area contributed by atoms with Crippen LogP contribution in [0.5, 0.6) is 5.75 Å². The normalized spacial score (nSPS) is 10.0. The van der Waals surface area contributed by atoms with Crippen molar-refractivity contribution < 1.29 is 9.53 Å². The fourth-order valence-electron chi connectivity index (χ4n) is 1.61. The number of benzene rings is 2. The molecule has 0 aromatic heterocycles. The predicted octanol–water partition coefficient (Wildman–Crippen LogP) is 4.57. The number of urea groups is 1. The first-order valence-corrected chi connectivity index (χ1v) is 7.41. The molecule has 6 heteroatoms. The van der Waals surface area contributed by atoms with E-state index in [0.717, 1.165) is 15.7 Å². The van der Waals surface area contributed by atoms with Crippen molar-refractivity contribution in [1.29, 1.82) is 0 Å². The summed E-state index contributed by atoms with van der Waals surface area (Å²) in [6.45, 7) is 2.03. The van der Waals surface area contributed by atoms with Crippen LogP contribution in [0.2, 0.25) is 5.02 Å². The van der Waals surface area contributed by atoms with Crippen LogP contribution in [0.25, 0.3) is 0 Å². The molecule has 2 aromatic rings. The van der Waals surface area contributed by atoms with Crippen LogP contribution in [0.1, 0.15) is 5.56 Å². The van der Waals surface area contributed by atoms with Crippen LogP contribution in [0.15, 0.2) is 46.9 Å². The van der Waals surface area contributed by atoms with Gasteiger partial charge in [0.1, 0.15) is 5.75 Å². The minimum Gasteiger partial charge on any atom is -0.473 e. The SMILES string of the molecule is Cc1cc(NC(=O)NCOc2ccc(Cl)cc2)ccc1Br. The fourth-order valence-corrected chi connectivity index (χ4v) is 1.99. The smallest absolute Gasteiger partial charge is 0.321 e. The van der Waals surface area contributed by atoms with Gasteiger partial charge in [-0.1, -0.05) is 27.5 Å². The van der Waals surface area contributed by atoms with E-state index in [2.05, 4.69) is 26.6 Å². The van der Waals surface area contributed by atoms with Gasteiger partial charge >= 0.3 is 6.03 Å². The first-order chi connectivity index (χ1) is 10.0. The molecule has 0 aliphatic carbocycles. The topological polar surface area (TPSA) is 50.4 Å². The molecule has 0 bridgehead atoms. The van der Waals surface area contributed by atoms with Crippen molar-refractivity contribution in [3.8, 4) is 5.75 Å². The summed E-state index contributed by atoms with van der Waals surface area (Å²) < 4.78 is 6.37. The second kappa shape index (κ2) is 7.33.